The van der Waals surface area contributed by atoms with E-state index in [1.54, 1.807) is 11.3 Å². The molecule has 1 heterocycles. The Hall–Kier alpha value is -0.420. The number of hydrogen-bond donors (Lipinski definition) is 1. The Balaban J connectivity index is 2.00. The molecule has 2 rings (SSSR count). The van der Waals surface area contributed by atoms with Crippen molar-refractivity contribution in [3.8, 4) is 0 Å². The smallest absolute Gasteiger partial charge is 0.109 e. The van der Waals surface area contributed by atoms with Gasteiger partial charge in [-0.05, 0) is 30.7 Å². The molecular weight excluding hydrogens is 320 g/mol. The third kappa shape index (κ3) is 3.52. The third-order valence-corrected chi connectivity index (χ3v) is 4.40. The SMILES string of the molecule is CC(NCc1cc(Cl)ccc1Br)c1nccs1. The molecule has 0 aliphatic heterocycles. The molecule has 17 heavy (non-hydrogen) atoms. The summed E-state index contributed by atoms with van der Waals surface area (Å²) < 4.78 is 1.07. The zero-order valence-electron chi connectivity index (χ0n) is 9.28. The van der Waals surface area contributed by atoms with Crippen LogP contribution in [0.15, 0.2) is 34.2 Å². The molecule has 0 spiro atoms. The number of hydrogen-bond acceptors (Lipinski definition) is 3. The van der Waals surface area contributed by atoms with Gasteiger partial charge in [0.15, 0.2) is 0 Å². The molecule has 90 valence electrons. The van der Waals surface area contributed by atoms with E-state index in [2.05, 4.69) is 33.2 Å². The third-order valence-electron chi connectivity index (χ3n) is 2.43. The molecule has 0 amide bonds. The van der Waals surface area contributed by atoms with Crippen molar-refractivity contribution in [1.82, 2.24) is 10.3 Å². The van der Waals surface area contributed by atoms with Crippen molar-refractivity contribution in [1.29, 1.82) is 0 Å². The number of nitrogens with zero attached hydrogens (tertiary/aromatic N) is 1. The molecule has 2 nitrogen and oxygen atoms in total. The fourth-order valence-electron chi connectivity index (χ4n) is 1.48. The molecule has 0 aliphatic rings. The maximum absolute atomic E-state index is 5.97. The lowest BCUT2D eigenvalue weighted by Gasteiger charge is -2.12. The summed E-state index contributed by atoms with van der Waals surface area (Å²) >= 11 is 11.2. The van der Waals surface area contributed by atoms with Crippen LogP contribution in [0.3, 0.4) is 0 Å². The summed E-state index contributed by atoms with van der Waals surface area (Å²) in [4.78, 5) is 4.29. The normalized spacial score (nSPS) is 12.6. The zero-order chi connectivity index (χ0) is 12.3. The van der Waals surface area contributed by atoms with E-state index in [9.17, 15) is 0 Å². The van der Waals surface area contributed by atoms with Gasteiger partial charge < -0.3 is 5.32 Å². The van der Waals surface area contributed by atoms with Crippen LogP contribution in [-0.4, -0.2) is 4.98 Å². The highest BCUT2D eigenvalue weighted by Gasteiger charge is 2.08. The van der Waals surface area contributed by atoms with Crippen molar-refractivity contribution >= 4 is 38.9 Å². The Morgan fingerprint density at radius 2 is 2.35 bits per heavy atom. The van der Waals surface area contributed by atoms with Gasteiger partial charge in [-0.25, -0.2) is 4.98 Å². The van der Waals surface area contributed by atoms with Gasteiger partial charge in [0.05, 0.1) is 6.04 Å². The zero-order valence-corrected chi connectivity index (χ0v) is 12.4. The summed E-state index contributed by atoms with van der Waals surface area (Å²) in [6, 6.07) is 6.06. The molecule has 5 heteroatoms. The molecule has 1 aromatic carbocycles. The van der Waals surface area contributed by atoms with Gasteiger partial charge in [-0.3, -0.25) is 0 Å². The van der Waals surface area contributed by atoms with Gasteiger partial charge >= 0.3 is 0 Å². The van der Waals surface area contributed by atoms with Crippen LogP contribution >= 0.6 is 38.9 Å². The number of benzene rings is 1. The van der Waals surface area contributed by atoms with Gasteiger partial charge in [0, 0.05) is 27.6 Å². The van der Waals surface area contributed by atoms with E-state index >= 15 is 0 Å². The summed E-state index contributed by atoms with van der Waals surface area (Å²) in [5.74, 6) is 0. The Morgan fingerprint density at radius 3 is 3.06 bits per heavy atom. The second kappa shape index (κ2) is 5.96. The first-order chi connectivity index (χ1) is 8.16. The van der Waals surface area contributed by atoms with Crippen LogP contribution in [0.4, 0.5) is 0 Å². The fourth-order valence-corrected chi connectivity index (χ4v) is 2.73. The summed E-state index contributed by atoms with van der Waals surface area (Å²) in [6.45, 7) is 2.87. The molecule has 0 fully saturated rings. The van der Waals surface area contributed by atoms with Gasteiger partial charge in [-0.15, -0.1) is 11.3 Å². The van der Waals surface area contributed by atoms with Crippen molar-refractivity contribution in [2.75, 3.05) is 0 Å². The topological polar surface area (TPSA) is 24.9 Å². The second-order valence-electron chi connectivity index (χ2n) is 3.71. The molecule has 1 aromatic heterocycles. The Morgan fingerprint density at radius 1 is 1.53 bits per heavy atom. The molecule has 0 aliphatic carbocycles. The Kier molecular flexibility index (Phi) is 4.56. The van der Waals surface area contributed by atoms with Crippen LogP contribution in [-0.2, 0) is 6.54 Å². The Bertz CT molecular complexity index is 487. The average Bonchev–Trinajstić information content (AvgIpc) is 2.83. The van der Waals surface area contributed by atoms with Crippen molar-refractivity contribution in [2.24, 2.45) is 0 Å². The van der Waals surface area contributed by atoms with E-state index < -0.39 is 0 Å². The molecule has 2 aromatic rings. The van der Waals surface area contributed by atoms with Crippen molar-refractivity contribution in [3.05, 3.63) is 49.8 Å². The highest BCUT2D eigenvalue weighted by atomic mass is 79.9. The van der Waals surface area contributed by atoms with Crippen LogP contribution < -0.4 is 5.32 Å². The van der Waals surface area contributed by atoms with Crippen molar-refractivity contribution in [3.63, 3.8) is 0 Å². The fraction of sp³-hybridized carbons (Fsp3) is 0.250. The first kappa shape index (κ1) is 13.0. The van der Waals surface area contributed by atoms with Crippen LogP contribution in [0.2, 0.25) is 5.02 Å². The first-order valence-electron chi connectivity index (χ1n) is 5.23. The summed E-state index contributed by atoms with van der Waals surface area (Å²) in [6.07, 6.45) is 1.83. The van der Waals surface area contributed by atoms with E-state index in [4.69, 9.17) is 11.6 Å². The molecule has 0 saturated carbocycles. The lowest BCUT2D eigenvalue weighted by molar-refractivity contribution is 0.571. The first-order valence-corrected chi connectivity index (χ1v) is 7.28. The van der Waals surface area contributed by atoms with E-state index in [-0.39, 0.29) is 6.04 Å². The predicted octanol–water partition coefficient (Wildman–Crippen LogP) is 4.41. The summed E-state index contributed by atoms with van der Waals surface area (Å²) in [5, 5.41) is 7.27. The standard InChI is InChI=1S/C12H12BrClN2S/c1-8(12-15-4-5-17-12)16-7-9-6-10(14)2-3-11(9)13/h2-6,8,16H,7H2,1H3. The maximum Gasteiger partial charge on any atom is 0.109 e. The molecule has 0 saturated heterocycles. The summed E-state index contributed by atoms with van der Waals surface area (Å²) in [5.41, 5.74) is 1.15. The maximum atomic E-state index is 5.97. The van der Waals surface area contributed by atoms with Gasteiger partial charge in [0.1, 0.15) is 5.01 Å². The minimum atomic E-state index is 0.251. The molecular formula is C12H12BrClN2S. The van der Waals surface area contributed by atoms with Gasteiger partial charge in [0.25, 0.3) is 0 Å². The van der Waals surface area contributed by atoms with Crippen molar-refractivity contribution in [2.45, 2.75) is 19.5 Å². The number of thiazole rings is 1. The minimum absolute atomic E-state index is 0.251. The molecule has 1 atom stereocenters. The van der Waals surface area contributed by atoms with Gasteiger partial charge in [-0.2, -0.15) is 0 Å². The monoisotopic (exact) mass is 330 g/mol. The highest BCUT2D eigenvalue weighted by molar-refractivity contribution is 9.10. The molecule has 1 unspecified atom stereocenters. The quantitative estimate of drug-likeness (QED) is 0.897. The van der Waals surface area contributed by atoms with Crippen LogP contribution in [0, 0.1) is 0 Å². The van der Waals surface area contributed by atoms with Gasteiger partial charge in [0.2, 0.25) is 0 Å². The van der Waals surface area contributed by atoms with E-state index in [1.165, 1.54) is 0 Å². The number of halogens is 2. The van der Waals surface area contributed by atoms with Gasteiger partial charge in [-0.1, -0.05) is 27.5 Å². The summed E-state index contributed by atoms with van der Waals surface area (Å²) in [7, 11) is 0. The number of rotatable bonds is 4. The van der Waals surface area contributed by atoms with E-state index in [0.29, 0.717) is 0 Å². The largest absolute Gasteiger partial charge is 0.304 e. The average molecular weight is 332 g/mol. The second-order valence-corrected chi connectivity index (χ2v) is 5.93. The lowest BCUT2D eigenvalue weighted by atomic mass is 10.2. The van der Waals surface area contributed by atoms with Crippen LogP contribution in [0.1, 0.15) is 23.5 Å². The lowest BCUT2D eigenvalue weighted by Crippen LogP contribution is -2.18. The molecule has 1 N–H and O–H groups in total. The van der Waals surface area contributed by atoms with E-state index in [1.807, 2.05) is 29.8 Å². The predicted molar refractivity (Wildman–Crippen MR) is 76.5 cm³/mol. The molecule has 0 bridgehead atoms. The molecule has 0 radical (unpaired) electrons. The van der Waals surface area contributed by atoms with Crippen LogP contribution in [0.5, 0.6) is 0 Å². The number of aromatic nitrogens is 1. The van der Waals surface area contributed by atoms with Crippen molar-refractivity contribution < 1.29 is 0 Å². The van der Waals surface area contributed by atoms with Crippen LogP contribution in [0.25, 0.3) is 0 Å². The highest BCUT2D eigenvalue weighted by Crippen LogP contribution is 2.22. The number of nitrogens with one attached hydrogen (secondary N) is 1. The van der Waals surface area contributed by atoms with E-state index in [0.717, 1.165) is 26.6 Å². The minimum Gasteiger partial charge on any atom is -0.304 e. The Labute approximate surface area is 118 Å².